The third-order valence-corrected chi connectivity index (χ3v) is 3.39. The van der Waals surface area contributed by atoms with Crippen LogP contribution in [0.4, 0.5) is 5.69 Å². The number of anilines is 1. The molecular weight excluding hydrogens is 298 g/mol. The molecule has 0 aliphatic carbocycles. The van der Waals surface area contributed by atoms with Gasteiger partial charge in [-0.1, -0.05) is 5.16 Å². The Kier molecular flexibility index (Phi) is 2.94. The highest BCUT2D eigenvalue weighted by atomic mass is 16.5. The summed E-state index contributed by atoms with van der Waals surface area (Å²) in [5.74, 6) is 0.233. The molecule has 0 aliphatic heterocycles. The van der Waals surface area contributed by atoms with Crippen molar-refractivity contribution in [3.63, 3.8) is 0 Å². The van der Waals surface area contributed by atoms with E-state index in [-0.39, 0.29) is 11.6 Å². The lowest BCUT2D eigenvalue weighted by Gasteiger charge is -2.05. The van der Waals surface area contributed by atoms with E-state index in [1.807, 2.05) is 0 Å². The lowest BCUT2D eigenvalue weighted by atomic mass is 10.1. The molecule has 23 heavy (non-hydrogen) atoms. The average Bonchev–Trinajstić information content (AvgIpc) is 3.28. The molecule has 8 nitrogen and oxygen atoms in total. The van der Waals surface area contributed by atoms with Crippen molar-refractivity contribution in [1.29, 1.82) is 0 Å². The Morgan fingerprint density at radius 3 is 3.04 bits per heavy atom. The van der Waals surface area contributed by atoms with Gasteiger partial charge in [0, 0.05) is 6.20 Å². The summed E-state index contributed by atoms with van der Waals surface area (Å²) in [5.41, 5.74) is 2.34. The van der Waals surface area contributed by atoms with Crippen LogP contribution in [-0.2, 0) is 0 Å². The summed E-state index contributed by atoms with van der Waals surface area (Å²) in [6.45, 7) is 1.76. The van der Waals surface area contributed by atoms with E-state index in [1.54, 1.807) is 31.3 Å². The molecule has 0 atom stereocenters. The van der Waals surface area contributed by atoms with Crippen molar-refractivity contribution in [1.82, 2.24) is 20.3 Å². The Balaban J connectivity index is 1.86. The number of amides is 1. The van der Waals surface area contributed by atoms with E-state index >= 15 is 0 Å². The normalized spacial score (nSPS) is 11.0. The molecule has 2 N–H and O–H groups in total. The van der Waals surface area contributed by atoms with Crippen molar-refractivity contribution in [3.05, 3.63) is 48.1 Å². The van der Waals surface area contributed by atoms with Gasteiger partial charge in [0.25, 0.3) is 11.6 Å². The summed E-state index contributed by atoms with van der Waals surface area (Å²) >= 11 is 0. The van der Waals surface area contributed by atoms with Crippen LogP contribution in [0.3, 0.4) is 0 Å². The molecule has 0 unspecified atom stereocenters. The average molecular weight is 309 g/mol. The molecule has 0 radical (unpaired) electrons. The third kappa shape index (κ3) is 2.26. The molecule has 4 aromatic rings. The number of pyridine rings is 1. The van der Waals surface area contributed by atoms with Crippen molar-refractivity contribution in [2.45, 2.75) is 6.92 Å². The molecule has 1 amide bonds. The summed E-state index contributed by atoms with van der Waals surface area (Å²) in [6.07, 6.45) is 4.65. The van der Waals surface area contributed by atoms with Gasteiger partial charge in [-0.3, -0.25) is 9.89 Å². The Morgan fingerprint density at radius 2 is 2.30 bits per heavy atom. The maximum absolute atomic E-state index is 12.6. The molecule has 114 valence electrons. The number of hydrogen-bond donors (Lipinski definition) is 2. The zero-order chi connectivity index (χ0) is 15.8. The predicted octanol–water partition coefficient (Wildman–Crippen LogP) is 2.77. The van der Waals surface area contributed by atoms with Gasteiger partial charge in [0.05, 0.1) is 34.8 Å². The van der Waals surface area contributed by atoms with E-state index in [1.165, 1.54) is 12.5 Å². The molecular formula is C15H11N5O3. The smallest absolute Gasteiger partial charge is 0.259 e. The highest BCUT2D eigenvalue weighted by Crippen LogP contribution is 2.27. The molecule has 0 saturated heterocycles. The monoisotopic (exact) mass is 309 g/mol. The molecule has 4 rings (SSSR count). The molecule has 0 bridgehead atoms. The Hall–Kier alpha value is -3.42. The number of H-pyrrole nitrogens is 1. The maximum Gasteiger partial charge on any atom is 0.259 e. The molecule has 8 heteroatoms. The van der Waals surface area contributed by atoms with Crippen LogP contribution in [0, 0.1) is 6.92 Å². The minimum atomic E-state index is -0.307. The fourth-order valence-electron chi connectivity index (χ4n) is 2.34. The fourth-order valence-corrected chi connectivity index (χ4v) is 2.34. The number of aromatic nitrogens is 4. The van der Waals surface area contributed by atoms with Crippen molar-refractivity contribution < 1.29 is 13.7 Å². The topological polar surface area (TPSA) is 110 Å². The number of fused-ring (bicyclic) bond motifs is 1. The number of furan rings is 1. The summed E-state index contributed by atoms with van der Waals surface area (Å²) in [4.78, 5) is 17.0. The van der Waals surface area contributed by atoms with E-state index in [2.05, 4.69) is 25.7 Å². The van der Waals surface area contributed by atoms with Crippen molar-refractivity contribution >= 4 is 22.7 Å². The fraction of sp³-hybridized carbons (Fsp3) is 0.0667. The van der Waals surface area contributed by atoms with E-state index in [9.17, 15) is 4.79 Å². The van der Waals surface area contributed by atoms with Gasteiger partial charge in [0.1, 0.15) is 5.69 Å². The second kappa shape index (κ2) is 5.09. The van der Waals surface area contributed by atoms with Crippen LogP contribution in [0.25, 0.3) is 22.6 Å². The summed E-state index contributed by atoms with van der Waals surface area (Å²) in [6, 6.07) is 5.16. The SMILES string of the molecule is Cc1noc2nc(-c3ccco3)cc(C(=O)Nc3cn[nH]c3)c12. The number of rotatable bonds is 3. The number of nitrogens with one attached hydrogen (secondary N) is 2. The number of aromatic amines is 1. The number of aryl methyl sites for hydroxylation is 1. The number of carbonyl (C=O) groups is 1. The van der Waals surface area contributed by atoms with Gasteiger partial charge in [0.15, 0.2) is 5.76 Å². The molecule has 0 aromatic carbocycles. The number of carbonyl (C=O) groups excluding carboxylic acids is 1. The van der Waals surface area contributed by atoms with E-state index in [0.717, 1.165) is 0 Å². The van der Waals surface area contributed by atoms with Crippen LogP contribution in [0.1, 0.15) is 16.1 Å². The summed E-state index contributed by atoms with van der Waals surface area (Å²) < 4.78 is 10.6. The highest BCUT2D eigenvalue weighted by molar-refractivity contribution is 6.12. The number of hydrogen-bond acceptors (Lipinski definition) is 6. The van der Waals surface area contributed by atoms with Gasteiger partial charge in [-0.05, 0) is 25.1 Å². The van der Waals surface area contributed by atoms with Crippen LogP contribution in [0.5, 0.6) is 0 Å². The quantitative estimate of drug-likeness (QED) is 0.602. The first kappa shape index (κ1) is 13.3. The summed E-state index contributed by atoms with van der Waals surface area (Å²) in [5, 5.41) is 13.7. The number of nitrogens with zero attached hydrogens (tertiary/aromatic N) is 3. The van der Waals surface area contributed by atoms with Gasteiger partial charge in [-0.2, -0.15) is 5.10 Å². The molecule has 4 aromatic heterocycles. The minimum absolute atomic E-state index is 0.286. The van der Waals surface area contributed by atoms with Gasteiger partial charge >= 0.3 is 0 Å². The second-order valence-electron chi connectivity index (χ2n) is 4.92. The molecule has 4 heterocycles. The van der Waals surface area contributed by atoms with E-state index in [4.69, 9.17) is 8.94 Å². The van der Waals surface area contributed by atoms with Crippen molar-refractivity contribution in [2.75, 3.05) is 5.32 Å². The zero-order valence-corrected chi connectivity index (χ0v) is 12.0. The first-order valence-electron chi connectivity index (χ1n) is 6.83. The van der Waals surface area contributed by atoms with Crippen molar-refractivity contribution in [2.24, 2.45) is 0 Å². The van der Waals surface area contributed by atoms with Gasteiger partial charge in [-0.25, -0.2) is 4.98 Å². The standard InChI is InChI=1S/C15H11N5O3/c1-8-13-10(14(21)18-9-6-16-17-7-9)5-11(12-3-2-4-22-12)19-15(13)23-20-8/h2-7H,1H3,(H,16,17)(H,18,21). The van der Waals surface area contributed by atoms with Crippen LogP contribution < -0.4 is 5.32 Å². The van der Waals surface area contributed by atoms with Crippen LogP contribution >= 0.6 is 0 Å². The predicted molar refractivity (Wildman–Crippen MR) is 80.8 cm³/mol. The first-order valence-corrected chi connectivity index (χ1v) is 6.83. The van der Waals surface area contributed by atoms with E-state index in [0.29, 0.717) is 33.8 Å². The Morgan fingerprint density at radius 1 is 1.39 bits per heavy atom. The van der Waals surface area contributed by atoms with Crippen LogP contribution in [0.2, 0.25) is 0 Å². The highest BCUT2D eigenvalue weighted by Gasteiger charge is 2.20. The third-order valence-electron chi connectivity index (χ3n) is 3.39. The van der Waals surface area contributed by atoms with Gasteiger partial charge < -0.3 is 14.3 Å². The largest absolute Gasteiger partial charge is 0.463 e. The van der Waals surface area contributed by atoms with Gasteiger partial charge in [0.2, 0.25) is 0 Å². The minimum Gasteiger partial charge on any atom is -0.463 e. The molecule has 0 spiro atoms. The molecule has 0 saturated carbocycles. The van der Waals surface area contributed by atoms with Crippen LogP contribution in [0.15, 0.2) is 45.8 Å². The van der Waals surface area contributed by atoms with Crippen molar-refractivity contribution in [3.8, 4) is 11.5 Å². The first-order chi connectivity index (χ1) is 11.2. The Labute approximate surface area is 129 Å². The maximum atomic E-state index is 12.6. The van der Waals surface area contributed by atoms with Crippen LogP contribution in [-0.4, -0.2) is 26.2 Å². The lowest BCUT2D eigenvalue weighted by molar-refractivity contribution is 0.102. The molecule has 0 aliphatic rings. The zero-order valence-electron chi connectivity index (χ0n) is 12.0. The molecule has 0 fully saturated rings. The Bertz CT molecular complexity index is 970. The van der Waals surface area contributed by atoms with E-state index < -0.39 is 0 Å². The lowest BCUT2D eigenvalue weighted by Crippen LogP contribution is -2.12. The van der Waals surface area contributed by atoms with Gasteiger partial charge in [-0.15, -0.1) is 0 Å². The summed E-state index contributed by atoms with van der Waals surface area (Å²) in [7, 11) is 0. The second-order valence-corrected chi connectivity index (χ2v) is 4.92.